The summed E-state index contributed by atoms with van der Waals surface area (Å²) >= 11 is 0. The van der Waals surface area contributed by atoms with Crippen molar-refractivity contribution in [2.75, 3.05) is 11.9 Å². The number of fused-ring (bicyclic) bond motifs is 1. The molecule has 0 atom stereocenters. The molecule has 0 radical (unpaired) electrons. The molecule has 0 aliphatic carbocycles. The number of para-hydroxylation sites is 1. The minimum atomic E-state index is -0.0600. The molecule has 0 saturated heterocycles. The quantitative estimate of drug-likeness (QED) is 0.673. The van der Waals surface area contributed by atoms with Crippen LogP contribution in [0.2, 0.25) is 0 Å². The van der Waals surface area contributed by atoms with E-state index in [1.165, 1.54) is 0 Å². The summed E-state index contributed by atoms with van der Waals surface area (Å²) in [6.07, 6.45) is 0. The Morgan fingerprint density at radius 3 is 2.44 bits per heavy atom. The first-order valence-corrected chi connectivity index (χ1v) is 9.36. The van der Waals surface area contributed by atoms with Crippen LogP contribution in [0.3, 0.4) is 0 Å². The number of pyridine rings is 1. The normalized spacial score (nSPS) is 11.2. The summed E-state index contributed by atoms with van der Waals surface area (Å²) in [5.41, 5.74) is 4.43. The van der Waals surface area contributed by atoms with Crippen LogP contribution in [0.1, 0.15) is 48.2 Å². The minimum absolute atomic E-state index is 0.00445. The number of hydrogen-bond acceptors (Lipinski definition) is 2. The molecule has 0 saturated carbocycles. The summed E-state index contributed by atoms with van der Waals surface area (Å²) in [7, 11) is 1.80. The number of rotatable bonds is 4. The van der Waals surface area contributed by atoms with Gasteiger partial charge in [0.1, 0.15) is 0 Å². The molecule has 0 aliphatic rings. The number of aromatic nitrogens is 1. The highest BCUT2D eigenvalue weighted by Gasteiger charge is 2.18. The van der Waals surface area contributed by atoms with Gasteiger partial charge in [0.2, 0.25) is 0 Å². The summed E-state index contributed by atoms with van der Waals surface area (Å²) in [4.78, 5) is 27.2. The van der Waals surface area contributed by atoms with Crippen LogP contribution in [-0.4, -0.2) is 17.5 Å². The molecule has 0 bridgehead atoms. The molecule has 2 aromatic carbocycles. The van der Waals surface area contributed by atoms with Crippen LogP contribution in [0.5, 0.6) is 0 Å². The van der Waals surface area contributed by atoms with E-state index in [1.54, 1.807) is 22.6 Å². The molecule has 4 nitrogen and oxygen atoms in total. The topological polar surface area (TPSA) is 42.3 Å². The molecule has 1 aromatic heterocycles. The first kappa shape index (κ1) is 18.9. The number of nitrogens with zero attached hydrogens (tertiary/aromatic N) is 2. The Bertz CT molecular complexity index is 1060. The lowest BCUT2D eigenvalue weighted by Gasteiger charge is -2.21. The van der Waals surface area contributed by atoms with E-state index in [4.69, 9.17) is 0 Å². The van der Waals surface area contributed by atoms with E-state index in [-0.39, 0.29) is 17.4 Å². The highest BCUT2D eigenvalue weighted by Crippen LogP contribution is 2.27. The maximum Gasteiger partial charge on any atom is 0.258 e. The van der Waals surface area contributed by atoms with Crippen molar-refractivity contribution in [3.05, 3.63) is 75.6 Å². The van der Waals surface area contributed by atoms with Crippen LogP contribution in [0.15, 0.2) is 53.3 Å². The van der Waals surface area contributed by atoms with Gasteiger partial charge in [-0.2, -0.15) is 0 Å². The smallest absolute Gasteiger partial charge is 0.258 e. The Morgan fingerprint density at radius 2 is 1.81 bits per heavy atom. The van der Waals surface area contributed by atoms with Crippen molar-refractivity contribution in [2.24, 2.45) is 0 Å². The van der Waals surface area contributed by atoms with Crippen LogP contribution < -0.4 is 10.5 Å². The molecule has 1 amide bonds. The molecular weight excluding hydrogens is 336 g/mol. The molecule has 3 aromatic rings. The van der Waals surface area contributed by atoms with Crippen LogP contribution in [0.25, 0.3) is 10.9 Å². The zero-order valence-corrected chi connectivity index (χ0v) is 16.6. The summed E-state index contributed by atoms with van der Waals surface area (Å²) in [6, 6.07) is 15.2. The molecule has 0 spiro atoms. The van der Waals surface area contributed by atoms with Crippen molar-refractivity contribution in [3.8, 4) is 0 Å². The SMILES string of the molecule is CCn1c(=O)cc(C(C)C)c2cc(C(=O)N(C)c3ccccc3C)ccc21. The zero-order valence-electron chi connectivity index (χ0n) is 16.6. The molecule has 1 heterocycles. The number of hydrogen-bond donors (Lipinski definition) is 0. The van der Waals surface area contributed by atoms with E-state index < -0.39 is 0 Å². The maximum absolute atomic E-state index is 13.1. The highest BCUT2D eigenvalue weighted by atomic mass is 16.2. The summed E-state index contributed by atoms with van der Waals surface area (Å²) in [5.74, 6) is 0.140. The summed E-state index contributed by atoms with van der Waals surface area (Å²) in [6.45, 7) is 8.69. The van der Waals surface area contributed by atoms with E-state index in [0.29, 0.717) is 12.1 Å². The first-order valence-electron chi connectivity index (χ1n) is 9.36. The molecular formula is C23H26N2O2. The highest BCUT2D eigenvalue weighted by molar-refractivity contribution is 6.08. The monoisotopic (exact) mass is 362 g/mol. The fraction of sp³-hybridized carbons (Fsp3) is 0.304. The number of carbonyl (C=O) groups excluding carboxylic acids is 1. The Morgan fingerprint density at radius 1 is 1.11 bits per heavy atom. The Kier molecular flexibility index (Phi) is 5.17. The lowest BCUT2D eigenvalue weighted by atomic mass is 9.97. The molecule has 0 fully saturated rings. The number of benzene rings is 2. The van der Waals surface area contributed by atoms with Crippen LogP contribution in [-0.2, 0) is 6.54 Å². The van der Waals surface area contributed by atoms with Crippen molar-refractivity contribution < 1.29 is 4.79 Å². The van der Waals surface area contributed by atoms with E-state index in [1.807, 2.05) is 56.3 Å². The Labute approximate surface area is 160 Å². The van der Waals surface area contributed by atoms with Gasteiger partial charge >= 0.3 is 0 Å². The van der Waals surface area contributed by atoms with Crippen molar-refractivity contribution in [1.82, 2.24) is 4.57 Å². The zero-order chi connectivity index (χ0) is 19.7. The van der Waals surface area contributed by atoms with Gasteiger partial charge in [-0.15, -0.1) is 0 Å². The fourth-order valence-corrected chi connectivity index (χ4v) is 3.59. The molecule has 0 N–H and O–H groups in total. The van der Waals surface area contributed by atoms with Gasteiger partial charge in [0.25, 0.3) is 11.5 Å². The van der Waals surface area contributed by atoms with Crippen molar-refractivity contribution in [2.45, 2.75) is 40.2 Å². The second kappa shape index (κ2) is 7.39. The van der Waals surface area contributed by atoms with Gasteiger partial charge in [0.05, 0.1) is 5.52 Å². The number of carbonyl (C=O) groups is 1. The molecule has 0 aliphatic heterocycles. The predicted octanol–water partition coefficient (Wildman–Crippen LogP) is 4.73. The molecule has 4 heteroatoms. The maximum atomic E-state index is 13.1. The van der Waals surface area contributed by atoms with Crippen LogP contribution >= 0.6 is 0 Å². The second-order valence-corrected chi connectivity index (χ2v) is 7.22. The fourth-order valence-electron chi connectivity index (χ4n) is 3.59. The van der Waals surface area contributed by atoms with Gasteiger partial charge in [-0.3, -0.25) is 9.59 Å². The van der Waals surface area contributed by atoms with Crippen LogP contribution in [0, 0.1) is 6.92 Å². The van der Waals surface area contributed by atoms with Gasteiger partial charge in [0, 0.05) is 36.3 Å². The first-order chi connectivity index (χ1) is 12.8. The van der Waals surface area contributed by atoms with Gasteiger partial charge < -0.3 is 9.47 Å². The third-order valence-electron chi connectivity index (χ3n) is 5.11. The van der Waals surface area contributed by atoms with E-state index in [9.17, 15) is 9.59 Å². The Hall–Kier alpha value is -2.88. The van der Waals surface area contributed by atoms with Gasteiger partial charge in [-0.05, 0) is 55.2 Å². The summed E-state index contributed by atoms with van der Waals surface area (Å²) < 4.78 is 1.75. The predicted molar refractivity (Wildman–Crippen MR) is 112 cm³/mol. The second-order valence-electron chi connectivity index (χ2n) is 7.22. The third kappa shape index (κ3) is 3.39. The lowest BCUT2D eigenvalue weighted by molar-refractivity contribution is 0.0993. The molecule has 27 heavy (non-hydrogen) atoms. The van der Waals surface area contributed by atoms with Gasteiger partial charge in [-0.25, -0.2) is 0 Å². The lowest BCUT2D eigenvalue weighted by Crippen LogP contribution is -2.27. The largest absolute Gasteiger partial charge is 0.311 e. The van der Waals surface area contributed by atoms with Gasteiger partial charge in [0.15, 0.2) is 0 Å². The molecule has 140 valence electrons. The van der Waals surface area contributed by atoms with Gasteiger partial charge in [-0.1, -0.05) is 32.0 Å². The molecule has 0 unspecified atom stereocenters. The minimum Gasteiger partial charge on any atom is -0.311 e. The van der Waals surface area contributed by atoms with E-state index in [2.05, 4.69) is 13.8 Å². The Balaban J connectivity index is 2.15. The number of amides is 1. The third-order valence-corrected chi connectivity index (χ3v) is 5.11. The van der Waals surface area contributed by atoms with E-state index in [0.717, 1.165) is 27.7 Å². The molecule has 3 rings (SSSR count). The standard InChI is InChI=1S/C23H26N2O2/c1-6-25-21-12-11-17(13-19(21)18(15(2)3)14-22(25)26)23(27)24(5)20-10-8-7-9-16(20)4/h7-15H,6H2,1-5H3. The number of anilines is 1. The van der Waals surface area contributed by atoms with Crippen molar-refractivity contribution in [1.29, 1.82) is 0 Å². The van der Waals surface area contributed by atoms with E-state index >= 15 is 0 Å². The van der Waals surface area contributed by atoms with Crippen molar-refractivity contribution >= 4 is 22.5 Å². The van der Waals surface area contributed by atoms with Crippen molar-refractivity contribution in [3.63, 3.8) is 0 Å². The van der Waals surface area contributed by atoms with Crippen LogP contribution in [0.4, 0.5) is 5.69 Å². The number of aryl methyl sites for hydroxylation is 2. The average molecular weight is 362 g/mol. The summed E-state index contributed by atoms with van der Waals surface area (Å²) in [5, 5.41) is 0.968. The average Bonchev–Trinajstić information content (AvgIpc) is 2.66.